The van der Waals surface area contributed by atoms with Crippen molar-refractivity contribution >= 4 is 5.78 Å². The van der Waals surface area contributed by atoms with E-state index in [9.17, 15) is 4.79 Å². The Morgan fingerprint density at radius 3 is 2.27 bits per heavy atom. The van der Waals surface area contributed by atoms with Gasteiger partial charge in [0, 0.05) is 6.42 Å². The van der Waals surface area contributed by atoms with Crippen LogP contribution in [0.15, 0.2) is 12.2 Å². The number of ketones is 1. The lowest BCUT2D eigenvalue weighted by Crippen LogP contribution is -2.05. The van der Waals surface area contributed by atoms with Gasteiger partial charge in [-0.05, 0) is 17.9 Å². The molecule has 0 unspecified atom stereocenters. The van der Waals surface area contributed by atoms with Gasteiger partial charge in [-0.25, -0.2) is 0 Å². The normalized spacial score (nSPS) is 12.4. The van der Waals surface area contributed by atoms with Crippen LogP contribution >= 0.6 is 0 Å². The quantitative estimate of drug-likeness (QED) is 0.569. The summed E-state index contributed by atoms with van der Waals surface area (Å²) in [4.78, 5) is 10.9. The van der Waals surface area contributed by atoms with Crippen molar-refractivity contribution in [2.24, 2.45) is 5.41 Å². The van der Waals surface area contributed by atoms with Gasteiger partial charge in [0.2, 0.25) is 0 Å². The average molecular weight is 154 g/mol. The van der Waals surface area contributed by atoms with Crippen LogP contribution in [0.1, 0.15) is 40.5 Å². The van der Waals surface area contributed by atoms with Gasteiger partial charge in [-0.3, -0.25) is 4.79 Å². The van der Waals surface area contributed by atoms with E-state index in [1.807, 2.05) is 13.0 Å². The number of hydrogen-bond acceptors (Lipinski definition) is 1. The summed E-state index contributed by atoms with van der Waals surface area (Å²) in [5.74, 6) is 0.214. The van der Waals surface area contributed by atoms with Crippen molar-refractivity contribution in [3.05, 3.63) is 12.2 Å². The minimum atomic E-state index is 0.171. The average Bonchev–Trinajstić information content (AvgIpc) is 2.00. The predicted molar refractivity (Wildman–Crippen MR) is 48.5 cm³/mol. The number of hydrogen-bond donors (Lipinski definition) is 0. The Kier molecular flexibility index (Phi) is 4.09. The van der Waals surface area contributed by atoms with Crippen LogP contribution in [0.4, 0.5) is 0 Å². The molecule has 0 radical (unpaired) electrons. The lowest BCUT2D eigenvalue weighted by molar-refractivity contribution is -0.114. The first-order valence-electron chi connectivity index (χ1n) is 4.24. The Labute approximate surface area is 69.5 Å². The molecule has 0 aromatic rings. The Bertz CT molecular complexity index is 154. The maximum Gasteiger partial charge on any atom is 0.155 e. The predicted octanol–water partition coefficient (Wildman–Crippen LogP) is 2.96. The van der Waals surface area contributed by atoms with E-state index in [4.69, 9.17) is 0 Å². The lowest BCUT2D eigenvalue weighted by Gasteiger charge is -2.16. The molecule has 0 saturated heterocycles. The van der Waals surface area contributed by atoms with Crippen LogP contribution in [0.25, 0.3) is 0 Å². The molecule has 0 fully saturated rings. The number of carbonyl (C=O) groups excluding carboxylic acids is 1. The summed E-state index contributed by atoms with van der Waals surface area (Å²) in [5.41, 5.74) is 0.171. The third-order valence-corrected chi connectivity index (χ3v) is 1.98. The Balaban J connectivity index is 4.01. The SMILES string of the molecule is CCC(=O)/C=C/C(C)(C)CC. The van der Waals surface area contributed by atoms with E-state index in [0.717, 1.165) is 6.42 Å². The largest absolute Gasteiger partial charge is 0.295 e. The van der Waals surface area contributed by atoms with Crippen molar-refractivity contribution in [3.8, 4) is 0 Å². The zero-order valence-corrected chi connectivity index (χ0v) is 7.98. The molecule has 11 heavy (non-hydrogen) atoms. The molecule has 0 saturated carbocycles. The molecule has 0 atom stereocenters. The summed E-state index contributed by atoms with van der Waals surface area (Å²) in [6, 6.07) is 0. The molecule has 0 rings (SSSR count). The van der Waals surface area contributed by atoms with Gasteiger partial charge in [0.05, 0.1) is 0 Å². The molecule has 0 aliphatic carbocycles. The van der Waals surface area contributed by atoms with Crippen LogP contribution in [0.3, 0.4) is 0 Å². The van der Waals surface area contributed by atoms with Crippen molar-refractivity contribution in [2.75, 3.05) is 0 Å². The van der Waals surface area contributed by atoms with Gasteiger partial charge in [-0.2, -0.15) is 0 Å². The smallest absolute Gasteiger partial charge is 0.155 e. The van der Waals surface area contributed by atoms with E-state index in [1.165, 1.54) is 0 Å². The molecule has 0 heterocycles. The molecule has 64 valence electrons. The van der Waals surface area contributed by atoms with E-state index in [-0.39, 0.29) is 11.2 Å². The van der Waals surface area contributed by atoms with Crippen LogP contribution < -0.4 is 0 Å². The van der Waals surface area contributed by atoms with Crippen LogP contribution in [0.2, 0.25) is 0 Å². The first-order chi connectivity index (χ1) is 5.02. The number of carbonyl (C=O) groups is 1. The first-order valence-corrected chi connectivity index (χ1v) is 4.24. The molecule has 0 aliphatic heterocycles. The van der Waals surface area contributed by atoms with Gasteiger partial charge in [-0.15, -0.1) is 0 Å². The Hall–Kier alpha value is -0.590. The number of rotatable bonds is 4. The second-order valence-electron chi connectivity index (χ2n) is 3.50. The highest BCUT2D eigenvalue weighted by atomic mass is 16.1. The van der Waals surface area contributed by atoms with Gasteiger partial charge in [0.15, 0.2) is 5.78 Å². The van der Waals surface area contributed by atoms with E-state index >= 15 is 0 Å². The molecule has 0 aromatic carbocycles. The molecule has 0 aromatic heterocycles. The summed E-state index contributed by atoms with van der Waals surface area (Å²) < 4.78 is 0. The van der Waals surface area contributed by atoms with E-state index < -0.39 is 0 Å². The molecule has 0 N–H and O–H groups in total. The van der Waals surface area contributed by atoms with Crippen LogP contribution in [-0.2, 0) is 4.79 Å². The highest BCUT2D eigenvalue weighted by Gasteiger charge is 2.09. The molecule has 0 amide bonds. The molecular formula is C10H18O. The maximum atomic E-state index is 10.9. The monoisotopic (exact) mass is 154 g/mol. The summed E-state index contributed by atoms with van der Waals surface area (Å²) in [5, 5.41) is 0. The molecule has 0 aliphatic rings. The number of allylic oxidation sites excluding steroid dienone is 2. The fourth-order valence-corrected chi connectivity index (χ4v) is 0.554. The van der Waals surface area contributed by atoms with Crippen molar-refractivity contribution in [2.45, 2.75) is 40.5 Å². The van der Waals surface area contributed by atoms with E-state index in [0.29, 0.717) is 6.42 Å². The minimum Gasteiger partial charge on any atom is -0.295 e. The zero-order valence-electron chi connectivity index (χ0n) is 7.98. The molecule has 1 heteroatoms. The molecule has 1 nitrogen and oxygen atoms in total. The minimum absolute atomic E-state index is 0.171. The molecular weight excluding hydrogens is 136 g/mol. The van der Waals surface area contributed by atoms with E-state index in [1.54, 1.807) is 6.08 Å². The second-order valence-corrected chi connectivity index (χ2v) is 3.50. The Morgan fingerprint density at radius 1 is 1.36 bits per heavy atom. The first kappa shape index (κ1) is 10.4. The van der Waals surface area contributed by atoms with Gasteiger partial charge >= 0.3 is 0 Å². The highest BCUT2D eigenvalue weighted by molar-refractivity contribution is 5.89. The van der Waals surface area contributed by atoms with Gasteiger partial charge in [0.1, 0.15) is 0 Å². The van der Waals surface area contributed by atoms with Crippen molar-refractivity contribution < 1.29 is 4.79 Å². The van der Waals surface area contributed by atoms with Gasteiger partial charge in [0.25, 0.3) is 0 Å². The van der Waals surface area contributed by atoms with E-state index in [2.05, 4.69) is 20.8 Å². The maximum absolute atomic E-state index is 10.9. The van der Waals surface area contributed by atoms with Crippen LogP contribution in [0.5, 0.6) is 0 Å². The van der Waals surface area contributed by atoms with Crippen molar-refractivity contribution in [1.82, 2.24) is 0 Å². The lowest BCUT2D eigenvalue weighted by atomic mass is 9.89. The topological polar surface area (TPSA) is 17.1 Å². The third kappa shape index (κ3) is 4.77. The fourth-order valence-electron chi connectivity index (χ4n) is 0.554. The van der Waals surface area contributed by atoms with Crippen molar-refractivity contribution in [3.63, 3.8) is 0 Å². The van der Waals surface area contributed by atoms with Gasteiger partial charge in [-0.1, -0.05) is 33.8 Å². The highest BCUT2D eigenvalue weighted by Crippen LogP contribution is 2.20. The summed E-state index contributed by atoms with van der Waals surface area (Å²) in [7, 11) is 0. The third-order valence-electron chi connectivity index (χ3n) is 1.98. The Morgan fingerprint density at radius 2 is 1.91 bits per heavy atom. The summed E-state index contributed by atoms with van der Waals surface area (Å²) in [6.45, 7) is 8.27. The second kappa shape index (κ2) is 4.32. The van der Waals surface area contributed by atoms with Gasteiger partial charge < -0.3 is 0 Å². The summed E-state index contributed by atoms with van der Waals surface area (Å²) >= 11 is 0. The van der Waals surface area contributed by atoms with Crippen LogP contribution in [0, 0.1) is 5.41 Å². The molecule has 0 bridgehead atoms. The van der Waals surface area contributed by atoms with Crippen LogP contribution in [-0.4, -0.2) is 5.78 Å². The van der Waals surface area contributed by atoms with Crippen molar-refractivity contribution in [1.29, 1.82) is 0 Å². The fraction of sp³-hybridized carbons (Fsp3) is 0.700. The summed E-state index contributed by atoms with van der Waals surface area (Å²) in [6.07, 6.45) is 5.37. The standard InChI is InChI=1S/C10H18O/c1-5-9(11)7-8-10(3,4)6-2/h7-8H,5-6H2,1-4H3/b8-7+. The zero-order chi connectivity index (χ0) is 8.91. The molecule has 0 spiro atoms.